The summed E-state index contributed by atoms with van der Waals surface area (Å²) in [6, 6.07) is -0.664. The Morgan fingerprint density at radius 1 is 1.91 bits per heavy atom. The zero-order valence-corrected chi connectivity index (χ0v) is 5.80. The van der Waals surface area contributed by atoms with Crippen molar-refractivity contribution < 1.29 is 9.53 Å². The lowest BCUT2D eigenvalue weighted by atomic mass is 10.2. The SMILES string of the molecule is C=C[C@@H]1C[C@H](N=[N+]=[N-])C(=O)O1. The third-order valence-electron chi connectivity index (χ3n) is 1.45. The molecule has 0 amide bonds. The standard InChI is InChI=1S/C6H7N3O2/c1-2-4-3-5(8-9-7)6(10)11-4/h2,4-5H,1,3H2/t4-,5+/m1/s1. The Kier molecular flexibility index (Phi) is 2.13. The zero-order chi connectivity index (χ0) is 8.27. The first-order chi connectivity index (χ1) is 5.27. The van der Waals surface area contributed by atoms with E-state index in [0.717, 1.165) is 0 Å². The molecule has 1 rings (SSSR count). The first-order valence-corrected chi connectivity index (χ1v) is 3.15. The predicted molar refractivity (Wildman–Crippen MR) is 37.6 cm³/mol. The van der Waals surface area contributed by atoms with Gasteiger partial charge in [-0.3, -0.25) is 4.79 Å². The number of esters is 1. The van der Waals surface area contributed by atoms with E-state index in [4.69, 9.17) is 10.3 Å². The van der Waals surface area contributed by atoms with Crippen LogP contribution in [-0.2, 0) is 9.53 Å². The van der Waals surface area contributed by atoms with Crippen LogP contribution >= 0.6 is 0 Å². The number of azide groups is 1. The number of cyclic esters (lactones) is 1. The first-order valence-electron chi connectivity index (χ1n) is 3.15. The lowest BCUT2D eigenvalue weighted by molar-refractivity contribution is -0.140. The monoisotopic (exact) mass is 153 g/mol. The molecule has 1 aliphatic heterocycles. The Hall–Kier alpha value is -1.48. The van der Waals surface area contributed by atoms with Crippen molar-refractivity contribution in [3.63, 3.8) is 0 Å². The summed E-state index contributed by atoms with van der Waals surface area (Å²) in [5.74, 6) is -0.465. The minimum absolute atomic E-state index is 0.294. The largest absolute Gasteiger partial charge is 0.458 e. The smallest absolute Gasteiger partial charge is 0.315 e. The fourth-order valence-corrected chi connectivity index (χ4v) is 0.893. The van der Waals surface area contributed by atoms with Crippen molar-refractivity contribution in [3.05, 3.63) is 23.1 Å². The number of hydrogen-bond donors (Lipinski definition) is 0. The lowest BCUT2D eigenvalue weighted by Gasteiger charge is -1.97. The van der Waals surface area contributed by atoms with Crippen LogP contribution in [0.15, 0.2) is 17.8 Å². The Bertz CT molecular complexity index is 232. The summed E-state index contributed by atoms with van der Waals surface area (Å²) in [7, 11) is 0. The maximum absolute atomic E-state index is 10.8. The van der Waals surface area contributed by atoms with Crippen LogP contribution in [0.4, 0.5) is 0 Å². The average Bonchev–Trinajstić information content (AvgIpc) is 2.33. The van der Waals surface area contributed by atoms with E-state index in [1.165, 1.54) is 6.08 Å². The zero-order valence-electron chi connectivity index (χ0n) is 5.80. The lowest BCUT2D eigenvalue weighted by Crippen LogP contribution is -2.09. The highest BCUT2D eigenvalue weighted by Gasteiger charge is 2.31. The molecular weight excluding hydrogens is 146 g/mol. The van der Waals surface area contributed by atoms with Crippen molar-refractivity contribution in [3.8, 4) is 0 Å². The first kappa shape index (κ1) is 7.63. The van der Waals surface area contributed by atoms with Crippen molar-refractivity contribution >= 4 is 5.97 Å². The van der Waals surface area contributed by atoms with Crippen LogP contribution in [-0.4, -0.2) is 18.1 Å². The molecule has 5 heteroatoms. The molecule has 0 aliphatic carbocycles. The molecule has 0 aromatic rings. The molecule has 1 saturated heterocycles. The molecule has 0 N–H and O–H groups in total. The molecule has 1 aliphatic rings. The molecule has 0 spiro atoms. The van der Waals surface area contributed by atoms with Gasteiger partial charge in [0.15, 0.2) is 0 Å². The third kappa shape index (κ3) is 1.50. The van der Waals surface area contributed by atoms with Crippen LogP contribution < -0.4 is 0 Å². The summed E-state index contributed by atoms with van der Waals surface area (Å²) >= 11 is 0. The predicted octanol–water partition coefficient (Wildman–Crippen LogP) is 1.17. The normalized spacial score (nSPS) is 28.9. The van der Waals surface area contributed by atoms with Crippen molar-refractivity contribution in [1.82, 2.24) is 0 Å². The Labute approximate surface area is 63.3 Å². The molecule has 1 heterocycles. The molecule has 5 nitrogen and oxygen atoms in total. The van der Waals surface area contributed by atoms with Crippen LogP contribution in [0.25, 0.3) is 10.4 Å². The highest BCUT2D eigenvalue weighted by Crippen LogP contribution is 2.18. The van der Waals surface area contributed by atoms with Gasteiger partial charge in [-0.2, -0.15) is 0 Å². The van der Waals surface area contributed by atoms with Gasteiger partial charge < -0.3 is 4.74 Å². The van der Waals surface area contributed by atoms with Gasteiger partial charge in [0.05, 0.1) is 0 Å². The molecule has 2 atom stereocenters. The molecule has 11 heavy (non-hydrogen) atoms. The highest BCUT2D eigenvalue weighted by molar-refractivity contribution is 5.78. The molecule has 1 fully saturated rings. The molecular formula is C6H7N3O2. The van der Waals surface area contributed by atoms with Gasteiger partial charge in [-0.05, 0) is 5.53 Å². The van der Waals surface area contributed by atoms with E-state index in [1.807, 2.05) is 0 Å². The highest BCUT2D eigenvalue weighted by atomic mass is 16.6. The van der Waals surface area contributed by atoms with Crippen LogP contribution in [0, 0.1) is 0 Å². The van der Waals surface area contributed by atoms with Gasteiger partial charge in [-0.15, -0.1) is 0 Å². The number of rotatable bonds is 2. The summed E-state index contributed by atoms with van der Waals surface area (Å²) in [4.78, 5) is 13.3. The van der Waals surface area contributed by atoms with E-state index < -0.39 is 12.0 Å². The second-order valence-corrected chi connectivity index (χ2v) is 2.17. The van der Waals surface area contributed by atoms with Crippen LogP contribution in [0.5, 0.6) is 0 Å². The maximum atomic E-state index is 10.8. The molecule has 0 radical (unpaired) electrons. The van der Waals surface area contributed by atoms with Crippen LogP contribution in [0.2, 0.25) is 0 Å². The Morgan fingerprint density at radius 3 is 3.09 bits per heavy atom. The van der Waals surface area contributed by atoms with Gasteiger partial charge in [0.1, 0.15) is 12.1 Å². The van der Waals surface area contributed by atoms with Gasteiger partial charge in [0.25, 0.3) is 0 Å². The van der Waals surface area contributed by atoms with E-state index >= 15 is 0 Å². The molecule has 58 valence electrons. The van der Waals surface area contributed by atoms with E-state index in [9.17, 15) is 4.79 Å². The van der Waals surface area contributed by atoms with E-state index in [0.29, 0.717) is 6.42 Å². The number of carbonyl (C=O) groups excluding carboxylic acids is 1. The maximum Gasteiger partial charge on any atom is 0.315 e. The van der Waals surface area contributed by atoms with Gasteiger partial charge in [0.2, 0.25) is 0 Å². The summed E-state index contributed by atoms with van der Waals surface area (Å²) in [5.41, 5.74) is 8.03. The average molecular weight is 153 g/mol. The third-order valence-corrected chi connectivity index (χ3v) is 1.45. The van der Waals surface area contributed by atoms with Crippen molar-refractivity contribution in [1.29, 1.82) is 0 Å². The Morgan fingerprint density at radius 2 is 2.64 bits per heavy atom. The topological polar surface area (TPSA) is 75.1 Å². The minimum atomic E-state index is -0.664. The summed E-state index contributed by atoms with van der Waals surface area (Å²) < 4.78 is 4.75. The second-order valence-electron chi connectivity index (χ2n) is 2.17. The fraction of sp³-hybridized carbons (Fsp3) is 0.500. The quantitative estimate of drug-likeness (QED) is 0.196. The Balaban J connectivity index is 2.65. The molecule has 0 saturated carbocycles. The van der Waals surface area contributed by atoms with Crippen LogP contribution in [0.1, 0.15) is 6.42 Å². The number of carbonyl (C=O) groups is 1. The van der Waals surface area contributed by atoms with Crippen molar-refractivity contribution in [2.75, 3.05) is 0 Å². The van der Waals surface area contributed by atoms with Crippen molar-refractivity contribution in [2.24, 2.45) is 5.11 Å². The molecule has 0 aromatic heterocycles. The summed E-state index contributed by atoms with van der Waals surface area (Å²) in [5, 5.41) is 3.26. The van der Waals surface area contributed by atoms with Gasteiger partial charge in [-0.1, -0.05) is 17.8 Å². The fourth-order valence-electron chi connectivity index (χ4n) is 0.893. The van der Waals surface area contributed by atoms with Crippen LogP contribution in [0.3, 0.4) is 0 Å². The van der Waals surface area contributed by atoms with Crippen molar-refractivity contribution in [2.45, 2.75) is 18.6 Å². The molecule has 0 unspecified atom stereocenters. The van der Waals surface area contributed by atoms with Gasteiger partial charge in [0, 0.05) is 11.3 Å². The summed E-state index contributed by atoms with van der Waals surface area (Å²) in [6.07, 6.45) is 1.63. The van der Waals surface area contributed by atoms with Gasteiger partial charge in [-0.25, -0.2) is 0 Å². The number of hydrogen-bond acceptors (Lipinski definition) is 3. The molecule has 0 bridgehead atoms. The van der Waals surface area contributed by atoms with E-state index in [-0.39, 0.29) is 6.10 Å². The van der Waals surface area contributed by atoms with E-state index in [2.05, 4.69) is 16.6 Å². The molecule has 0 aromatic carbocycles. The number of nitrogens with zero attached hydrogens (tertiary/aromatic N) is 3. The van der Waals surface area contributed by atoms with E-state index in [1.54, 1.807) is 0 Å². The second kappa shape index (κ2) is 3.07. The minimum Gasteiger partial charge on any atom is -0.458 e. The summed E-state index contributed by atoms with van der Waals surface area (Å²) in [6.45, 7) is 3.46. The number of ether oxygens (including phenoxy) is 1. The van der Waals surface area contributed by atoms with Gasteiger partial charge >= 0.3 is 5.97 Å².